The molecule has 1 aromatic heterocycles. The van der Waals surface area contributed by atoms with Gasteiger partial charge in [-0.25, -0.2) is 9.97 Å². The second-order valence-electron chi connectivity index (χ2n) is 6.07. The van der Waals surface area contributed by atoms with Crippen LogP contribution in [0.15, 0.2) is 60.9 Å². The van der Waals surface area contributed by atoms with E-state index < -0.39 is 0 Å². The van der Waals surface area contributed by atoms with Crippen molar-refractivity contribution in [2.24, 2.45) is 0 Å². The molecule has 3 aromatic rings. The van der Waals surface area contributed by atoms with Crippen LogP contribution in [0.4, 0.5) is 11.5 Å². The highest BCUT2D eigenvalue weighted by Gasteiger charge is 2.21. The number of nitrogens with one attached hydrogen (secondary N) is 1. The number of fused-ring (bicyclic) bond motifs is 1. The first-order chi connectivity index (χ1) is 12.7. The van der Waals surface area contributed by atoms with Crippen LogP contribution in [-0.4, -0.2) is 22.4 Å². The molecule has 0 saturated carbocycles. The normalized spacial score (nSPS) is 12.7. The molecule has 1 aliphatic rings. The number of benzene rings is 2. The molecule has 0 atom stereocenters. The van der Waals surface area contributed by atoms with Crippen LogP contribution in [-0.2, 0) is 13.0 Å². The Morgan fingerprint density at radius 1 is 1.12 bits per heavy atom. The molecule has 5 nitrogen and oxygen atoms in total. The zero-order chi connectivity index (χ0) is 17.9. The van der Waals surface area contributed by atoms with Gasteiger partial charge in [0.05, 0.1) is 0 Å². The van der Waals surface area contributed by atoms with E-state index in [4.69, 9.17) is 11.6 Å². The van der Waals surface area contributed by atoms with E-state index in [1.54, 1.807) is 12.1 Å². The molecule has 0 radical (unpaired) electrons. The van der Waals surface area contributed by atoms with Crippen molar-refractivity contribution in [3.63, 3.8) is 0 Å². The van der Waals surface area contributed by atoms with Gasteiger partial charge < -0.3 is 10.2 Å². The summed E-state index contributed by atoms with van der Waals surface area (Å²) in [4.78, 5) is 23.1. The van der Waals surface area contributed by atoms with Crippen LogP contribution in [0.3, 0.4) is 0 Å². The van der Waals surface area contributed by atoms with Crippen molar-refractivity contribution in [3.05, 3.63) is 82.8 Å². The quantitative estimate of drug-likeness (QED) is 0.766. The molecule has 26 heavy (non-hydrogen) atoms. The number of rotatable bonds is 4. The van der Waals surface area contributed by atoms with E-state index >= 15 is 0 Å². The number of halogens is 1. The summed E-state index contributed by atoms with van der Waals surface area (Å²) in [5, 5.41) is 3.49. The molecular formula is C20H17ClN4O. The highest BCUT2D eigenvalue weighted by atomic mass is 35.5. The van der Waals surface area contributed by atoms with Gasteiger partial charge in [-0.1, -0.05) is 48.0 Å². The van der Waals surface area contributed by atoms with Gasteiger partial charge in [-0.05, 0) is 29.7 Å². The number of hydrogen-bond donors (Lipinski definition) is 1. The molecule has 0 saturated heterocycles. The standard InChI is InChI=1S/C20H17ClN4O/c21-16-7-3-1-6-15(16)12-22-20(26)17-11-19(24-13-23-17)25-10-9-14-5-2-4-8-18(14)25/h1-8,11,13H,9-10,12H2,(H,22,26). The first-order valence-electron chi connectivity index (χ1n) is 8.41. The summed E-state index contributed by atoms with van der Waals surface area (Å²) in [6.45, 7) is 1.20. The van der Waals surface area contributed by atoms with Crippen LogP contribution < -0.4 is 10.2 Å². The first-order valence-corrected chi connectivity index (χ1v) is 8.79. The molecule has 0 fully saturated rings. The topological polar surface area (TPSA) is 58.1 Å². The Kier molecular flexibility index (Phi) is 4.54. The number of amides is 1. The maximum atomic E-state index is 12.5. The minimum atomic E-state index is -0.249. The van der Waals surface area contributed by atoms with Crippen LogP contribution in [0, 0.1) is 0 Å². The smallest absolute Gasteiger partial charge is 0.270 e. The summed E-state index contributed by atoms with van der Waals surface area (Å²) in [5.74, 6) is 0.480. The molecule has 0 spiro atoms. The number of carbonyl (C=O) groups is 1. The average Bonchev–Trinajstić information content (AvgIpc) is 3.11. The third-order valence-corrected chi connectivity index (χ3v) is 4.81. The van der Waals surface area contributed by atoms with Gasteiger partial charge >= 0.3 is 0 Å². The summed E-state index contributed by atoms with van der Waals surface area (Å²) in [6, 6.07) is 17.4. The molecule has 4 rings (SSSR count). The van der Waals surface area contributed by atoms with Crippen LogP contribution >= 0.6 is 11.6 Å². The predicted molar refractivity (Wildman–Crippen MR) is 102 cm³/mol. The van der Waals surface area contributed by atoms with Crippen LogP contribution in [0.1, 0.15) is 21.6 Å². The molecule has 0 aliphatic carbocycles. The Bertz CT molecular complexity index is 960. The Morgan fingerprint density at radius 2 is 1.92 bits per heavy atom. The molecule has 1 amide bonds. The largest absolute Gasteiger partial charge is 0.347 e. The van der Waals surface area contributed by atoms with Gasteiger partial charge in [0.2, 0.25) is 0 Å². The highest BCUT2D eigenvalue weighted by molar-refractivity contribution is 6.31. The van der Waals surface area contributed by atoms with Crippen molar-refractivity contribution < 1.29 is 4.79 Å². The molecule has 2 heterocycles. The summed E-state index contributed by atoms with van der Waals surface area (Å²) in [5.41, 5.74) is 3.63. The summed E-state index contributed by atoms with van der Waals surface area (Å²) in [7, 11) is 0. The lowest BCUT2D eigenvalue weighted by molar-refractivity contribution is 0.0946. The monoisotopic (exact) mass is 364 g/mol. The van der Waals surface area contributed by atoms with Crippen molar-refractivity contribution in [1.29, 1.82) is 0 Å². The fourth-order valence-corrected chi connectivity index (χ4v) is 3.31. The summed E-state index contributed by atoms with van der Waals surface area (Å²) < 4.78 is 0. The Hall–Kier alpha value is -2.92. The van der Waals surface area contributed by atoms with E-state index in [0.29, 0.717) is 17.3 Å². The van der Waals surface area contributed by atoms with Crippen molar-refractivity contribution in [3.8, 4) is 0 Å². The zero-order valence-corrected chi connectivity index (χ0v) is 14.8. The van der Waals surface area contributed by atoms with Gasteiger partial charge in [0.25, 0.3) is 5.91 Å². The molecule has 0 unspecified atom stereocenters. The fourth-order valence-electron chi connectivity index (χ4n) is 3.10. The Labute approximate surface area is 156 Å². The van der Waals surface area contributed by atoms with Gasteiger partial charge in [0, 0.05) is 29.9 Å². The second kappa shape index (κ2) is 7.14. The minimum absolute atomic E-state index is 0.249. The van der Waals surface area contributed by atoms with E-state index in [1.807, 2.05) is 30.3 Å². The Balaban J connectivity index is 1.51. The number of nitrogens with zero attached hydrogens (tertiary/aromatic N) is 3. The lowest BCUT2D eigenvalue weighted by Gasteiger charge is -2.18. The SMILES string of the molecule is O=C(NCc1ccccc1Cl)c1cc(N2CCc3ccccc32)ncn1. The van der Waals surface area contributed by atoms with E-state index in [0.717, 1.165) is 30.0 Å². The van der Waals surface area contributed by atoms with Gasteiger partial charge in [0.15, 0.2) is 0 Å². The maximum Gasteiger partial charge on any atom is 0.270 e. The van der Waals surface area contributed by atoms with E-state index in [-0.39, 0.29) is 5.91 Å². The first kappa shape index (κ1) is 16.5. The van der Waals surface area contributed by atoms with Crippen LogP contribution in [0.2, 0.25) is 5.02 Å². The van der Waals surface area contributed by atoms with E-state index in [1.165, 1.54) is 11.9 Å². The van der Waals surface area contributed by atoms with Crippen LogP contribution in [0.25, 0.3) is 0 Å². The molecule has 2 aromatic carbocycles. The van der Waals surface area contributed by atoms with Gasteiger partial charge in [0.1, 0.15) is 17.8 Å². The molecular weight excluding hydrogens is 348 g/mol. The van der Waals surface area contributed by atoms with Crippen molar-refractivity contribution in [2.45, 2.75) is 13.0 Å². The Morgan fingerprint density at radius 3 is 2.81 bits per heavy atom. The third kappa shape index (κ3) is 3.26. The predicted octanol–water partition coefficient (Wildman–Crippen LogP) is 3.75. The zero-order valence-electron chi connectivity index (χ0n) is 14.0. The van der Waals surface area contributed by atoms with Gasteiger partial charge in [-0.15, -0.1) is 0 Å². The van der Waals surface area contributed by atoms with E-state index in [2.05, 4.69) is 32.3 Å². The van der Waals surface area contributed by atoms with Gasteiger partial charge in [-0.3, -0.25) is 4.79 Å². The number of hydrogen-bond acceptors (Lipinski definition) is 4. The van der Waals surface area contributed by atoms with Crippen molar-refractivity contribution in [2.75, 3.05) is 11.4 Å². The molecule has 6 heteroatoms. The molecule has 1 aliphatic heterocycles. The number of aromatic nitrogens is 2. The number of carbonyl (C=O) groups excluding carboxylic acids is 1. The lowest BCUT2D eigenvalue weighted by atomic mass is 10.2. The third-order valence-electron chi connectivity index (χ3n) is 4.45. The number of anilines is 2. The van der Waals surface area contributed by atoms with Crippen molar-refractivity contribution in [1.82, 2.24) is 15.3 Å². The maximum absolute atomic E-state index is 12.5. The van der Waals surface area contributed by atoms with Crippen molar-refractivity contribution >= 4 is 29.0 Å². The average molecular weight is 365 g/mol. The van der Waals surface area contributed by atoms with E-state index in [9.17, 15) is 4.79 Å². The summed E-state index contributed by atoms with van der Waals surface area (Å²) in [6.07, 6.45) is 2.40. The molecule has 0 bridgehead atoms. The fraction of sp³-hybridized carbons (Fsp3) is 0.150. The lowest BCUT2D eigenvalue weighted by Crippen LogP contribution is -2.25. The molecule has 1 N–H and O–H groups in total. The number of para-hydroxylation sites is 1. The summed E-state index contributed by atoms with van der Waals surface area (Å²) >= 11 is 6.13. The minimum Gasteiger partial charge on any atom is -0.347 e. The van der Waals surface area contributed by atoms with Gasteiger partial charge in [-0.2, -0.15) is 0 Å². The second-order valence-corrected chi connectivity index (χ2v) is 6.47. The molecule has 130 valence electrons. The highest BCUT2D eigenvalue weighted by Crippen LogP contribution is 2.33. The van der Waals surface area contributed by atoms with Crippen LogP contribution in [0.5, 0.6) is 0 Å².